The number of nitrogens with one attached hydrogen (secondary N) is 1. The van der Waals surface area contributed by atoms with Gasteiger partial charge >= 0.3 is 0 Å². The summed E-state index contributed by atoms with van der Waals surface area (Å²) in [4.78, 5) is 5.27. The molecule has 0 aromatic carbocycles. The molecule has 0 amide bonds. The standard InChI is InChI=1S/C15H33N3/c1-6-14(3)18-10-8-17(9-11-18)13-15(4,5)12-16-7-2/h14,16H,6-13H2,1-5H3. The van der Waals surface area contributed by atoms with Gasteiger partial charge in [-0.1, -0.05) is 27.7 Å². The molecule has 1 unspecified atom stereocenters. The van der Waals surface area contributed by atoms with E-state index >= 15 is 0 Å². The van der Waals surface area contributed by atoms with Crippen molar-refractivity contribution in [3.05, 3.63) is 0 Å². The second kappa shape index (κ2) is 7.46. The molecular formula is C15H33N3. The summed E-state index contributed by atoms with van der Waals surface area (Å²) < 4.78 is 0. The summed E-state index contributed by atoms with van der Waals surface area (Å²) in [6.45, 7) is 19.9. The molecule has 1 heterocycles. The first kappa shape index (κ1) is 15.9. The molecule has 18 heavy (non-hydrogen) atoms. The Kier molecular flexibility index (Phi) is 6.61. The minimum absolute atomic E-state index is 0.383. The minimum Gasteiger partial charge on any atom is -0.316 e. The Labute approximate surface area is 114 Å². The van der Waals surface area contributed by atoms with Crippen molar-refractivity contribution in [3.8, 4) is 0 Å². The predicted octanol–water partition coefficient (Wildman–Crippen LogP) is 2.04. The summed E-state index contributed by atoms with van der Waals surface area (Å²) >= 11 is 0. The molecule has 3 heteroatoms. The number of piperazine rings is 1. The Hall–Kier alpha value is -0.120. The highest BCUT2D eigenvalue weighted by molar-refractivity contribution is 4.81. The molecule has 0 radical (unpaired) electrons. The van der Waals surface area contributed by atoms with Gasteiger partial charge in [0.1, 0.15) is 0 Å². The Morgan fingerprint density at radius 2 is 1.72 bits per heavy atom. The van der Waals surface area contributed by atoms with Gasteiger partial charge in [-0.2, -0.15) is 0 Å². The van der Waals surface area contributed by atoms with Crippen molar-refractivity contribution in [2.75, 3.05) is 45.8 Å². The normalized spacial score (nSPS) is 21.2. The molecule has 0 bridgehead atoms. The Bertz CT molecular complexity index is 220. The van der Waals surface area contributed by atoms with Gasteiger partial charge in [0.05, 0.1) is 0 Å². The van der Waals surface area contributed by atoms with Crippen LogP contribution >= 0.6 is 0 Å². The lowest BCUT2D eigenvalue weighted by atomic mass is 9.92. The van der Waals surface area contributed by atoms with E-state index in [1.807, 2.05) is 0 Å². The van der Waals surface area contributed by atoms with Gasteiger partial charge < -0.3 is 10.2 Å². The second-order valence-corrected chi connectivity index (χ2v) is 6.51. The van der Waals surface area contributed by atoms with Crippen LogP contribution < -0.4 is 5.32 Å². The first-order chi connectivity index (χ1) is 8.48. The molecule has 1 saturated heterocycles. The molecule has 0 aromatic rings. The molecule has 3 nitrogen and oxygen atoms in total. The van der Waals surface area contributed by atoms with Crippen molar-refractivity contribution in [1.29, 1.82) is 0 Å². The van der Waals surface area contributed by atoms with Crippen LogP contribution in [0.3, 0.4) is 0 Å². The third kappa shape index (κ3) is 5.25. The van der Waals surface area contributed by atoms with Crippen LogP contribution in [0.1, 0.15) is 41.0 Å². The highest BCUT2D eigenvalue weighted by Gasteiger charge is 2.25. The van der Waals surface area contributed by atoms with Crippen LogP contribution in [0.2, 0.25) is 0 Å². The van der Waals surface area contributed by atoms with Gasteiger partial charge in [-0.25, -0.2) is 0 Å². The van der Waals surface area contributed by atoms with E-state index in [1.165, 1.54) is 39.1 Å². The number of rotatable bonds is 7. The van der Waals surface area contributed by atoms with E-state index in [0.29, 0.717) is 5.41 Å². The Morgan fingerprint density at radius 1 is 1.11 bits per heavy atom. The molecule has 0 spiro atoms. The second-order valence-electron chi connectivity index (χ2n) is 6.51. The van der Waals surface area contributed by atoms with Gasteiger partial charge in [-0.15, -0.1) is 0 Å². The number of hydrogen-bond donors (Lipinski definition) is 1. The highest BCUT2D eigenvalue weighted by Crippen LogP contribution is 2.18. The monoisotopic (exact) mass is 255 g/mol. The van der Waals surface area contributed by atoms with Crippen LogP contribution in [-0.4, -0.2) is 61.7 Å². The van der Waals surface area contributed by atoms with Gasteiger partial charge in [0, 0.05) is 45.3 Å². The van der Waals surface area contributed by atoms with Gasteiger partial charge in [0.15, 0.2) is 0 Å². The van der Waals surface area contributed by atoms with Crippen molar-refractivity contribution in [3.63, 3.8) is 0 Å². The largest absolute Gasteiger partial charge is 0.316 e. The summed E-state index contributed by atoms with van der Waals surface area (Å²) in [6.07, 6.45) is 1.27. The van der Waals surface area contributed by atoms with E-state index < -0.39 is 0 Å². The van der Waals surface area contributed by atoms with E-state index in [9.17, 15) is 0 Å². The fraction of sp³-hybridized carbons (Fsp3) is 1.00. The molecule has 0 saturated carbocycles. The molecule has 1 aliphatic rings. The van der Waals surface area contributed by atoms with Crippen LogP contribution in [0.25, 0.3) is 0 Å². The average molecular weight is 255 g/mol. The van der Waals surface area contributed by atoms with Crippen LogP contribution in [0.5, 0.6) is 0 Å². The SMILES string of the molecule is CCNCC(C)(C)CN1CCN(C(C)CC)CC1. The molecule has 1 aliphatic heterocycles. The number of hydrogen-bond acceptors (Lipinski definition) is 3. The average Bonchev–Trinajstić information content (AvgIpc) is 2.36. The maximum atomic E-state index is 3.48. The summed E-state index contributed by atoms with van der Waals surface area (Å²) in [5.74, 6) is 0. The minimum atomic E-state index is 0.383. The fourth-order valence-electron chi connectivity index (χ4n) is 2.75. The highest BCUT2D eigenvalue weighted by atomic mass is 15.3. The zero-order valence-corrected chi connectivity index (χ0v) is 13.1. The molecule has 0 aromatic heterocycles. The molecule has 1 rings (SSSR count). The van der Waals surface area contributed by atoms with E-state index in [-0.39, 0.29) is 0 Å². The molecule has 1 N–H and O–H groups in total. The Morgan fingerprint density at radius 3 is 2.22 bits per heavy atom. The summed E-state index contributed by atoms with van der Waals surface area (Å²) in [6, 6.07) is 0.752. The van der Waals surface area contributed by atoms with Crippen LogP contribution in [0.4, 0.5) is 0 Å². The number of nitrogens with zero attached hydrogens (tertiary/aromatic N) is 2. The van der Waals surface area contributed by atoms with E-state index in [1.54, 1.807) is 0 Å². The van der Waals surface area contributed by atoms with E-state index in [4.69, 9.17) is 0 Å². The first-order valence-electron chi connectivity index (χ1n) is 7.65. The Balaban J connectivity index is 2.30. The maximum absolute atomic E-state index is 3.48. The van der Waals surface area contributed by atoms with Crippen molar-refractivity contribution in [2.45, 2.75) is 47.1 Å². The van der Waals surface area contributed by atoms with Crippen LogP contribution in [0, 0.1) is 5.41 Å². The quantitative estimate of drug-likeness (QED) is 0.751. The van der Waals surface area contributed by atoms with Crippen molar-refractivity contribution >= 4 is 0 Å². The van der Waals surface area contributed by atoms with Gasteiger partial charge in [-0.3, -0.25) is 4.90 Å². The smallest absolute Gasteiger partial charge is 0.0113 e. The van der Waals surface area contributed by atoms with Crippen LogP contribution in [0.15, 0.2) is 0 Å². The fourth-order valence-corrected chi connectivity index (χ4v) is 2.75. The van der Waals surface area contributed by atoms with Crippen molar-refractivity contribution in [1.82, 2.24) is 15.1 Å². The zero-order chi connectivity index (χ0) is 13.6. The lowest BCUT2D eigenvalue weighted by molar-refractivity contribution is 0.0749. The zero-order valence-electron chi connectivity index (χ0n) is 13.1. The predicted molar refractivity (Wildman–Crippen MR) is 80.1 cm³/mol. The van der Waals surface area contributed by atoms with Crippen LogP contribution in [-0.2, 0) is 0 Å². The third-order valence-electron chi connectivity index (χ3n) is 4.13. The van der Waals surface area contributed by atoms with E-state index in [2.05, 4.69) is 49.7 Å². The van der Waals surface area contributed by atoms with Crippen molar-refractivity contribution in [2.24, 2.45) is 5.41 Å². The summed E-state index contributed by atoms with van der Waals surface area (Å²) in [5.41, 5.74) is 0.383. The van der Waals surface area contributed by atoms with Gasteiger partial charge in [0.2, 0.25) is 0 Å². The molecule has 1 atom stereocenters. The summed E-state index contributed by atoms with van der Waals surface area (Å²) in [5, 5.41) is 3.48. The van der Waals surface area contributed by atoms with Gasteiger partial charge in [-0.05, 0) is 25.3 Å². The maximum Gasteiger partial charge on any atom is 0.0113 e. The topological polar surface area (TPSA) is 18.5 Å². The van der Waals surface area contributed by atoms with Gasteiger partial charge in [0.25, 0.3) is 0 Å². The lowest BCUT2D eigenvalue weighted by Crippen LogP contribution is -2.52. The molecule has 108 valence electrons. The molecule has 0 aliphatic carbocycles. The summed E-state index contributed by atoms with van der Waals surface area (Å²) in [7, 11) is 0. The van der Waals surface area contributed by atoms with Crippen molar-refractivity contribution < 1.29 is 0 Å². The lowest BCUT2D eigenvalue weighted by Gasteiger charge is -2.41. The molecule has 1 fully saturated rings. The third-order valence-corrected chi connectivity index (χ3v) is 4.13. The molecular weight excluding hydrogens is 222 g/mol. The van der Waals surface area contributed by atoms with E-state index in [0.717, 1.165) is 19.1 Å². The first-order valence-corrected chi connectivity index (χ1v) is 7.65.